The van der Waals surface area contributed by atoms with E-state index in [1.165, 1.54) is 11.3 Å². The van der Waals surface area contributed by atoms with Crippen LogP contribution in [0.4, 0.5) is 9.93 Å². The number of carbonyl (C=O) groups excluding carboxylic acids is 1. The van der Waals surface area contributed by atoms with Crippen LogP contribution in [-0.4, -0.2) is 27.9 Å². The Balaban J connectivity index is 1.70. The van der Waals surface area contributed by atoms with E-state index in [1.807, 2.05) is 38.4 Å². The standard InChI is InChI=1S/C16H19N5O2S/c1-10(12-7-17-21(2)8-12)18-15(22)20-16-19-14-11(9-23-3)5-4-6-13(14)24-16/h4-8,10H,9H2,1-3H3,(H2,18,19,20,22)/t10-/m1/s1. The summed E-state index contributed by atoms with van der Waals surface area (Å²) >= 11 is 1.44. The Kier molecular flexibility index (Phi) is 4.77. The van der Waals surface area contributed by atoms with Gasteiger partial charge in [0.2, 0.25) is 0 Å². The summed E-state index contributed by atoms with van der Waals surface area (Å²) in [5.41, 5.74) is 2.81. The lowest BCUT2D eigenvalue weighted by Gasteiger charge is -2.11. The van der Waals surface area contributed by atoms with Gasteiger partial charge in [0.05, 0.1) is 29.1 Å². The smallest absolute Gasteiger partial charge is 0.321 e. The maximum atomic E-state index is 12.2. The zero-order valence-corrected chi connectivity index (χ0v) is 14.6. The van der Waals surface area contributed by atoms with E-state index in [0.29, 0.717) is 11.7 Å². The maximum absolute atomic E-state index is 12.2. The van der Waals surface area contributed by atoms with Crippen LogP contribution in [0.2, 0.25) is 0 Å². The third-order valence-electron chi connectivity index (χ3n) is 3.60. The Hall–Kier alpha value is -2.45. The maximum Gasteiger partial charge on any atom is 0.321 e. The van der Waals surface area contributed by atoms with Crippen LogP contribution in [0.15, 0.2) is 30.6 Å². The largest absolute Gasteiger partial charge is 0.380 e. The van der Waals surface area contributed by atoms with E-state index < -0.39 is 0 Å². The molecular weight excluding hydrogens is 326 g/mol. The summed E-state index contributed by atoms with van der Waals surface area (Å²) in [6.07, 6.45) is 3.61. The van der Waals surface area contributed by atoms with Crippen molar-refractivity contribution < 1.29 is 9.53 Å². The second-order valence-corrected chi connectivity index (χ2v) is 6.51. The molecule has 3 rings (SSSR count). The van der Waals surface area contributed by atoms with Crippen LogP contribution in [0.25, 0.3) is 10.2 Å². The van der Waals surface area contributed by atoms with Crippen LogP contribution in [0, 0.1) is 0 Å². The Morgan fingerprint density at radius 1 is 1.46 bits per heavy atom. The van der Waals surface area contributed by atoms with Gasteiger partial charge < -0.3 is 10.1 Å². The number of anilines is 1. The Labute approximate surface area is 143 Å². The highest BCUT2D eigenvalue weighted by Crippen LogP contribution is 2.28. The van der Waals surface area contributed by atoms with Crippen molar-refractivity contribution in [2.75, 3.05) is 12.4 Å². The van der Waals surface area contributed by atoms with Gasteiger partial charge in [0.1, 0.15) is 0 Å². The minimum Gasteiger partial charge on any atom is -0.380 e. The first-order valence-electron chi connectivity index (χ1n) is 7.50. The van der Waals surface area contributed by atoms with Gasteiger partial charge in [-0.3, -0.25) is 10.00 Å². The lowest BCUT2D eigenvalue weighted by Crippen LogP contribution is -2.30. The summed E-state index contributed by atoms with van der Waals surface area (Å²) < 4.78 is 7.91. The van der Waals surface area contributed by atoms with E-state index >= 15 is 0 Å². The number of aromatic nitrogens is 3. The van der Waals surface area contributed by atoms with Crippen LogP contribution in [0.5, 0.6) is 0 Å². The van der Waals surface area contributed by atoms with Crippen molar-refractivity contribution in [1.82, 2.24) is 20.1 Å². The predicted octanol–water partition coefficient (Wildman–Crippen LogP) is 3.06. The Bertz CT molecular complexity index is 857. The summed E-state index contributed by atoms with van der Waals surface area (Å²) in [5.74, 6) is 0. The number of rotatable bonds is 5. The number of fused-ring (bicyclic) bond motifs is 1. The van der Waals surface area contributed by atoms with Crippen molar-refractivity contribution in [2.45, 2.75) is 19.6 Å². The highest BCUT2D eigenvalue weighted by molar-refractivity contribution is 7.22. The lowest BCUT2D eigenvalue weighted by atomic mass is 10.2. The second kappa shape index (κ2) is 6.98. The molecule has 0 aliphatic rings. The highest BCUT2D eigenvalue weighted by Gasteiger charge is 2.14. The fourth-order valence-electron chi connectivity index (χ4n) is 2.41. The van der Waals surface area contributed by atoms with Gasteiger partial charge >= 0.3 is 6.03 Å². The molecule has 8 heteroatoms. The van der Waals surface area contributed by atoms with Crippen LogP contribution in [0.3, 0.4) is 0 Å². The number of nitrogens with one attached hydrogen (secondary N) is 2. The molecule has 0 aliphatic heterocycles. The number of thiazole rings is 1. The molecule has 0 unspecified atom stereocenters. The van der Waals surface area contributed by atoms with E-state index in [4.69, 9.17) is 4.74 Å². The SMILES string of the molecule is COCc1cccc2sc(NC(=O)N[C@H](C)c3cnn(C)c3)nc12. The predicted molar refractivity (Wildman–Crippen MR) is 94.1 cm³/mol. The van der Waals surface area contributed by atoms with Crippen molar-refractivity contribution in [3.8, 4) is 0 Å². The Morgan fingerprint density at radius 2 is 2.29 bits per heavy atom. The molecule has 1 atom stereocenters. The molecule has 3 aromatic rings. The number of hydrogen-bond donors (Lipinski definition) is 2. The molecule has 24 heavy (non-hydrogen) atoms. The zero-order valence-electron chi connectivity index (χ0n) is 13.7. The molecule has 0 radical (unpaired) electrons. The number of urea groups is 1. The van der Waals surface area contributed by atoms with E-state index in [9.17, 15) is 4.79 Å². The lowest BCUT2D eigenvalue weighted by molar-refractivity contribution is 0.186. The molecule has 2 aromatic heterocycles. The first-order chi connectivity index (χ1) is 11.6. The number of benzene rings is 1. The number of hydrogen-bond acceptors (Lipinski definition) is 5. The van der Waals surface area contributed by atoms with E-state index in [1.54, 1.807) is 18.0 Å². The topological polar surface area (TPSA) is 81.1 Å². The zero-order chi connectivity index (χ0) is 17.1. The van der Waals surface area contributed by atoms with Gasteiger partial charge in [-0.15, -0.1) is 0 Å². The van der Waals surface area contributed by atoms with Gasteiger partial charge in [-0.1, -0.05) is 23.5 Å². The van der Waals surface area contributed by atoms with Crippen LogP contribution in [0.1, 0.15) is 24.1 Å². The highest BCUT2D eigenvalue weighted by atomic mass is 32.1. The molecule has 0 bridgehead atoms. The monoisotopic (exact) mass is 345 g/mol. The number of amides is 2. The molecular formula is C16H19N5O2S. The van der Waals surface area contributed by atoms with Crippen molar-refractivity contribution in [3.05, 3.63) is 41.7 Å². The quantitative estimate of drug-likeness (QED) is 0.745. The van der Waals surface area contributed by atoms with Gasteiger partial charge in [0.15, 0.2) is 5.13 Å². The molecule has 0 saturated carbocycles. The number of nitrogens with zero attached hydrogens (tertiary/aromatic N) is 3. The molecule has 0 fully saturated rings. The fourth-order valence-corrected chi connectivity index (χ4v) is 3.32. The first kappa shape index (κ1) is 16.4. The number of methoxy groups -OCH3 is 1. The van der Waals surface area contributed by atoms with Gasteiger partial charge in [-0.2, -0.15) is 5.10 Å². The van der Waals surface area contributed by atoms with Gasteiger partial charge in [0.25, 0.3) is 0 Å². The van der Waals surface area contributed by atoms with E-state index in [-0.39, 0.29) is 12.1 Å². The minimum absolute atomic E-state index is 0.142. The van der Waals surface area contributed by atoms with Crippen molar-refractivity contribution in [2.24, 2.45) is 7.05 Å². The normalized spacial score (nSPS) is 12.3. The van der Waals surface area contributed by atoms with Crippen LogP contribution in [-0.2, 0) is 18.4 Å². The number of carbonyl (C=O) groups is 1. The third kappa shape index (κ3) is 3.55. The molecule has 2 N–H and O–H groups in total. The summed E-state index contributed by atoms with van der Waals surface area (Å²) in [5, 5.41) is 10.3. The fraction of sp³-hybridized carbons (Fsp3) is 0.312. The van der Waals surface area contributed by atoms with Crippen LogP contribution >= 0.6 is 11.3 Å². The molecule has 0 spiro atoms. The number of para-hydroxylation sites is 1. The summed E-state index contributed by atoms with van der Waals surface area (Å²) in [6, 6.07) is 5.48. The third-order valence-corrected chi connectivity index (χ3v) is 4.53. The summed E-state index contributed by atoms with van der Waals surface area (Å²) in [7, 11) is 3.49. The first-order valence-corrected chi connectivity index (χ1v) is 8.32. The Morgan fingerprint density at radius 3 is 3.00 bits per heavy atom. The van der Waals surface area contributed by atoms with Crippen molar-refractivity contribution >= 4 is 32.7 Å². The van der Waals surface area contributed by atoms with Crippen molar-refractivity contribution in [1.29, 1.82) is 0 Å². The van der Waals surface area contributed by atoms with Crippen molar-refractivity contribution in [3.63, 3.8) is 0 Å². The van der Waals surface area contributed by atoms with Crippen LogP contribution < -0.4 is 10.6 Å². The molecule has 2 amide bonds. The average molecular weight is 345 g/mol. The molecule has 2 heterocycles. The summed E-state index contributed by atoms with van der Waals surface area (Å²) in [4.78, 5) is 16.7. The van der Waals surface area contributed by atoms with Gasteiger partial charge in [-0.25, -0.2) is 9.78 Å². The van der Waals surface area contributed by atoms with E-state index in [2.05, 4.69) is 20.7 Å². The second-order valence-electron chi connectivity index (χ2n) is 5.48. The minimum atomic E-state index is -0.293. The number of aryl methyl sites for hydroxylation is 1. The molecule has 0 saturated heterocycles. The number of ether oxygens (including phenoxy) is 1. The molecule has 0 aliphatic carbocycles. The average Bonchev–Trinajstić information content (AvgIpc) is 3.13. The van der Waals surface area contributed by atoms with Gasteiger partial charge in [-0.05, 0) is 13.0 Å². The summed E-state index contributed by atoms with van der Waals surface area (Å²) in [6.45, 7) is 2.40. The van der Waals surface area contributed by atoms with E-state index in [0.717, 1.165) is 21.3 Å². The molecule has 7 nitrogen and oxygen atoms in total. The van der Waals surface area contributed by atoms with Gasteiger partial charge in [0, 0.05) is 31.5 Å². The molecule has 126 valence electrons. The molecule has 1 aromatic carbocycles.